The lowest BCUT2D eigenvalue weighted by Crippen LogP contribution is -2.47. The van der Waals surface area contributed by atoms with Crippen LogP contribution < -0.4 is 10.6 Å². The highest BCUT2D eigenvalue weighted by Crippen LogP contribution is 2.25. The molecule has 0 radical (unpaired) electrons. The highest BCUT2D eigenvalue weighted by molar-refractivity contribution is 6.42. The van der Waals surface area contributed by atoms with Crippen molar-refractivity contribution < 1.29 is 9.59 Å². The van der Waals surface area contributed by atoms with Crippen molar-refractivity contribution in [3.8, 4) is 0 Å². The first-order valence-corrected chi connectivity index (χ1v) is 13.7. The van der Waals surface area contributed by atoms with E-state index in [0.29, 0.717) is 42.6 Å². The van der Waals surface area contributed by atoms with Crippen molar-refractivity contribution >= 4 is 40.7 Å². The number of hydrogen-bond donors (Lipinski definition) is 1. The molecule has 4 rings (SSSR count). The molecule has 2 amide bonds. The lowest BCUT2D eigenvalue weighted by molar-refractivity contribution is -0.133. The maximum Gasteiger partial charge on any atom is 0.240 e. The van der Waals surface area contributed by atoms with E-state index < -0.39 is 6.04 Å². The van der Waals surface area contributed by atoms with Gasteiger partial charge in [0.1, 0.15) is 0 Å². The van der Waals surface area contributed by atoms with Crippen molar-refractivity contribution in [2.75, 3.05) is 31.1 Å². The highest BCUT2D eigenvalue weighted by Gasteiger charge is 2.25. The maximum absolute atomic E-state index is 13.7. The van der Waals surface area contributed by atoms with Gasteiger partial charge in [-0.1, -0.05) is 77.8 Å². The van der Waals surface area contributed by atoms with Gasteiger partial charge in [0.2, 0.25) is 11.8 Å². The Kier molecular flexibility index (Phi) is 9.80. The molecule has 0 unspecified atom stereocenters. The maximum atomic E-state index is 13.7. The van der Waals surface area contributed by atoms with Gasteiger partial charge in [0, 0.05) is 51.9 Å². The van der Waals surface area contributed by atoms with Crippen LogP contribution in [0.3, 0.4) is 0 Å². The summed E-state index contributed by atoms with van der Waals surface area (Å²) >= 11 is 12.2. The lowest BCUT2D eigenvalue weighted by atomic mass is 10.0. The molecular formula is C30H34Cl2N4O2. The van der Waals surface area contributed by atoms with Crippen molar-refractivity contribution in [3.63, 3.8) is 0 Å². The summed E-state index contributed by atoms with van der Waals surface area (Å²) in [5.41, 5.74) is 10.3. The smallest absolute Gasteiger partial charge is 0.240 e. The first-order chi connectivity index (χ1) is 18.3. The summed E-state index contributed by atoms with van der Waals surface area (Å²) in [5, 5.41) is 0.904. The Labute approximate surface area is 234 Å². The number of anilines is 1. The van der Waals surface area contributed by atoms with Crippen LogP contribution in [0.15, 0.2) is 72.8 Å². The summed E-state index contributed by atoms with van der Waals surface area (Å²) in [5.74, 6) is -0.153. The number of hydrogen-bond acceptors (Lipinski definition) is 4. The summed E-state index contributed by atoms with van der Waals surface area (Å²) in [4.78, 5) is 32.4. The van der Waals surface area contributed by atoms with E-state index in [2.05, 4.69) is 17.0 Å². The molecular weight excluding hydrogens is 519 g/mol. The normalized spacial score (nSPS) is 15.9. The van der Waals surface area contributed by atoms with Gasteiger partial charge < -0.3 is 15.5 Å². The zero-order chi connectivity index (χ0) is 27.1. The van der Waals surface area contributed by atoms with E-state index >= 15 is 0 Å². The van der Waals surface area contributed by atoms with Gasteiger partial charge >= 0.3 is 0 Å². The zero-order valence-electron chi connectivity index (χ0n) is 21.7. The van der Waals surface area contributed by atoms with Crippen molar-refractivity contribution in [1.29, 1.82) is 0 Å². The minimum atomic E-state index is -0.740. The number of nitrogens with zero attached hydrogens (tertiary/aromatic N) is 3. The summed E-state index contributed by atoms with van der Waals surface area (Å²) in [6.45, 7) is 5.37. The van der Waals surface area contributed by atoms with Gasteiger partial charge in [-0.2, -0.15) is 0 Å². The van der Waals surface area contributed by atoms with Gasteiger partial charge in [0.25, 0.3) is 0 Å². The summed E-state index contributed by atoms with van der Waals surface area (Å²) < 4.78 is 0. The minimum absolute atomic E-state index is 0.0134. The molecule has 38 heavy (non-hydrogen) atoms. The minimum Gasteiger partial charge on any atom is -0.336 e. The average Bonchev–Trinajstić information content (AvgIpc) is 2.94. The Morgan fingerprint density at radius 2 is 1.61 bits per heavy atom. The first-order valence-electron chi connectivity index (χ1n) is 12.9. The molecule has 0 aliphatic carbocycles. The molecule has 0 fully saturated rings. The van der Waals surface area contributed by atoms with Gasteiger partial charge in [-0.3, -0.25) is 14.5 Å². The third-order valence-electron chi connectivity index (χ3n) is 6.88. The fourth-order valence-electron chi connectivity index (χ4n) is 4.90. The zero-order valence-corrected chi connectivity index (χ0v) is 23.2. The molecule has 8 heteroatoms. The summed E-state index contributed by atoms with van der Waals surface area (Å²) in [6.07, 6.45) is 1.17. The Morgan fingerprint density at radius 3 is 2.34 bits per heavy atom. The predicted octanol–water partition coefficient (Wildman–Crippen LogP) is 5.15. The standard InChI is InChI=1S/C30H34Cl2N4O2/c1-22(37)36-15-7-14-34(20-23-8-3-2-4-9-23)16-17-35(21-25-10-5-6-11-29(25)36)30(38)28(33)19-24-12-13-26(31)27(32)18-24/h2-6,8-13,18,28H,7,14-17,19-21,33H2,1H3/t28-/m0/s1. The van der Waals surface area contributed by atoms with Crippen LogP contribution in [0.1, 0.15) is 30.0 Å². The molecule has 0 bridgehead atoms. The van der Waals surface area contributed by atoms with E-state index in [-0.39, 0.29) is 11.8 Å². The van der Waals surface area contributed by atoms with Gasteiger partial charge in [0.05, 0.1) is 16.1 Å². The monoisotopic (exact) mass is 552 g/mol. The number of carbonyl (C=O) groups is 2. The van der Waals surface area contributed by atoms with Crippen LogP contribution in [0.25, 0.3) is 0 Å². The van der Waals surface area contributed by atoms with Crippen molar-refractivity contribution in [2.45, 2.75) is 38.9 Å². The number of nitrogens with two attached hydrogens (primary N) is 1. The van der Waals surface area contributed by atoms with Crippen LogP contribution in [0, 0.1) is 0 Å². The van der Waals surface area contributed by atoms with E-state index in [4.69, 9.17) is 28.9 Å². The Morgan fingerprint density at radius 1 is 0.868 bits per heavy atom. The van der Waals surface area contributed by atoms with Crippen LogP contribution in [-0.2, 0) is 29.1 Å². The van der Waals surface area contributed by atoms with E-state index in [1.54, 1.807) is 19.1 Å². The fourth-order valence-corrected chi connectivity index (χ4v) is 5.22. The lowest BCUT2D eigenvalue weighted by Gasteiger charge is -2.30. The molecule has 3 aromatic carbocycles. The van der Waals surface area contributed by atoms with Crippen molar-refractivity contribution in [3.05, 3.63) is 99.5 Å². The number of halogens is 2. The number of benzene rings is 3. The van der Waals surface area contributed by atoms with Crippen molar-refractivity contribution in [1.82, 2.24) is 9.80 Å². The van der Waals surface area contributed by atoms with Crippen LogP contribution in [-0.4, -0.2) is 53.8 Å². The van der Waals surface area contributed by atoms with Crippen LogP contribution in [0.5, 0.6) is 0 Å². The SMILES string of the molecule is CC(=O)N1CCCN(Cc2ccccc2)CCN(C(=O)[C@@H](N)Cc2ccc(Cl)c(Cl)c2)Cc2ccccc21. The first kappa shape index (κ1) is 28.1. The van der Waals surface area contributed by atoms with E-state index in [1.165, 1.54) is 5.56 Å². The third-order valence-corrected chi connectivity index (χ3v) is 7.62. The Bertz CT molecular complexity index is 1250. The molecule has 0 saturated carbocycles. The summed E-state index contributed by atoms with van der Waals surface area (Å²) in [7, 11) is 0. The molecule has 6 nitrogen and oxygen atoms in total. The molecule has 1 aliphatic heterocycles. The van der Waals surface area contributed by atoms with E-state index in [1.807, 2.05) is 58.3 Å². The average molecular weight is 554 g/mol. The number of para-hydroxylation sites is 1. The van der Waals surface area contributed by atoms with Crippen molar-refractivity contribution in [2.24, 2.45) is 5.73 Å². The molecule has 1 atom stereocenters. The Balaban J connectivity index is 1.60. The van der Waals surface area contributed by atoms with Crippen LogP contribution in [0.2, 0.25) is 10.0 Å². The summed E-state index contributed by atoms with van der Waals surface area (Å²) in [6, 6.07) is 22.7. The molecule has 3 aromatic rings. The van der Waals surface area contributed by atoms with Gasteiger partial charge in [-0.05, 0) is 47.7 Å². The van der Waals surface area contributed by atoms with E-state index in [9.17, 15) is 9.59 Å². The fraction of sp³-hybridized carbons (Fsp3) is 0.333. The Hall–Kier alpha value is -2.90. The molecule has 0 spiro atoms. The van der Waals surface area contributed by atoms with Gasteiger partial charge in [-0.15, -0.1) is 0 Å². The third kappa shape index (κ3) is 7.35. The number of rotatable bonds is 5. The van der Waals surface area contributed by atoms with Gasteiger partial charge in [-0.25, -0.2) is 0 Å². The second-order valence-corrected chi connectivity index (χ2v) is 10.5. The molecule has 1 heterocycles. The molecule has 1 aliphatic rings. The molecule has 0 saturated heterocycles. The van der Waals surface area contributed by atoms with Crippen LogP contribution in [0.4, 0.5) is 5.69 Å². The predicted molar refractivity (Wildman–Crippen MR) is 154 cm³/mol. The molecule has 2 N–H and O–H groups in total. The second-order valence-electron chi connectivity index (χ2n) is 9.73. The quantitative estimate of drug-likeness (QED) is 0.475. The highest BCUT2D eigenvalue weighted by atomic mass is 35.5. The van der Waals surface area contributed by atoms with Crippen LogP contribution >= 0.6 is 23.2 Å². The van der Waals surface area contributed by atoms with Gasteiger partial charge in [0.15, 0.2) is 0 Å². The second kappa shape index (κ2) is 13.3. The molecule has 200 valence electrons. The number of carbonyl (C=O) groups excluding carboxylic acids is 2. The number of fused-ring (bicyclic) bond motifs is 1. The topological polar surface area (TPSA) is 69.9 Å². The van der Waals surface area contributed by atoms with E-state index in [0.717, 1.165) is 36.3 Å². The molecule has 0 aromatic heterocycles. The number of amides is 2. The largest absolute Gasteiger partial charge is 0.336 e.